The van der Waals surface area contributed by atoms with E-state index >= 15 is 0 Å². The molecule has 84 valence electrons. The third-order valence-corrected chi connectivity index (χ3v) is 3.06. The van der Waals surface area contributed by atoms with Gasteiger partial charge in [-0.05, 0) is 20.3 Å². The highest BCUT2D eigenvalue weighted by atomic mass is 16.2. The van der Waals surface area contributed by atoms with E-state index in [1.165, 1.54) is 6.20 Å². The number of hydrogen-bond acceptors (Lipinski definition) is 2. The molecule has 0 radical (unpaired) electrons. The van der Waals surface area contributed by atoms with Gasteiger partial charge in [0.05, 0.1) is 0 Å². The number of allylic oxidation sites excluding steroid dienone is 1. The quantitative estimate of drug-likeness (QED) is 0.569. The van der Waals surface area contributed by atoms with Gasteiger partial charge in [-0.15, -0.1) is 0 Å². The molecule has 0 bridgehead atoms. The Balaban J connectivity index is 2.76. The molecule has 1 aliphatic rings. The Morgan fingerprint density at radius 3 is 2.60 bits per heavy atom. The zero-order valence-corrected chi connectivity index (χ0v) is 9.72. The fourth-order valence-corrected chi connectivity index (χ4v) is 1.89. The van der Waals surface area contributed by atoms with E-state index in [2.05, 4.69) is 12.2 Å². The summed E-state index contributed by atoms with van der Waals surface area (Å²) in [6.07, 6.45) is 5.25. The molecular weight excluding hydrogens is 190 g/mol. The summed E-state index contributed by atoms with van der Waals surface area (Å²) in [5.41, 5.74) is -0.192. The Morgan fingerprint density at radius 1 is 1.33 bits per heavy atom. The SMILES string of the molecule is CCCCCC1(C)C(=O)NC=C(C)C1=O. The van der Waals surface area contributed by atoms with Crippen LogP contribution in [0.1, 0.15) is 46.5 Å². The van der Waals surface area contributed by atoms with Crippen molar-refractivity contribution in [3.05, 3.63) is 11.8 Å². The topological polar surface area (TPSA) is 46.2 Å². The molecule has 15 heavy (non-hydrogen) atoms. The first kappa shape index (κ1) is 12.0. The standard InChI is InChI=1S/C12H19NO2/c1-4-5-6-7-12(3)10(14)9(2)8-13-11(12)15/h8H,4-7H2,1-3H3,(H,13,15). The molecule has 0 aliphatic carbocycles. The van der Waals surface area contributed by atoms with Crippen LogP contribution < -0.4 is 5.32 Å². The highest BCUT2D eigenvalue weighted by molar-refractivity contribution is 6.15. The molecule has 3 heteroatoms. The molecule has 1 rings (SSSR count). The molecule has 1 atom stereocenters. The van der Waals surface area contributed by atoms with Gasteiger partial charge in [-0.3, -0.25) is 9.59 Å². The summed E-state index contributed by atoms with van der Waals surface area (Å²) in [6, 6.07) is 0. The van der Waals surface area contributed by atoms with Crippen LogP contribution in [0, 0.1) is 5.41 Å². The lowest BCUT2D eigenvalue weighted by Gasteiger charge is -2.29. The fourth-order valence-electron chi connectivity index (χ4n) is 1.89. The Morgan fingerprint density at radius 2 is 2.00 bits per heavy atom. The lowest BCUT2D eigenvalue weighted by atomic mass is 9.76. The van der Waals surface area contributed by atoms with Gasteiger partial charge in [0, 0.05) is 11.8 Å². The van der Waals surface area contributed by atoms with E-state index in [0.29, 0.717) is 12.0 Å². The van der Waals surface area contributed by atoms with Crippen LogP contribution in [-0.2, 0) is 9.59 Å². The van der Waals surface area contributed by atoms with Crippen LogP contribution in [0.4, 0.5) is 0 Å². The lowest BCUT2D eigenvalue weighted by molar-refractivity contribution is -0.140. The summed E-state index contributed by atoms with van der Waals surface area (Å²) in [6.45, 7) is 5.60. The minimum Gasteiger partial charge on any atom is -0.331 e. The highest BCUT2D eigenvalue weighted by Crippen LogP contribution is 2.31. The first-order valence-corrected chi connectivity index (χ1v) is 5.55. The van der Waals surface area contributed by atoms with Crippen molar-refractivity contribution in [1.82, 2.24) is 5.32 Å². The molecule has 0 aromatic rings. The minimum absolute atomic E-state index is 0.0256. The molecule has 1 heterocycles. The summed E-state index contributed by atoms with van der Waals surface area (Å²) in [4.78, 5) is 23.6. The van der Waals surface area contributed by atoms with Gasteiger partial charge >= 0.3 is 0 Å². The fraction of sp³-hybridized carbons (Fsp3) is 0.667. The van der Waals surface area contributed by atoms with E-state index in [1.54, 1.807) is 13.8 Å². The largest absolute Gasteiger partial charge is 0.331 e. The molecule has 0 saturated carbocycles. The number of rotatable bonds is 4. The third-order valence-electron chi connectivity index (χ3n) is 3.06. The summed E-state index contributed by atoms with van der Waals surface area (Å²) in [5, 5.41) is 2.66. The van der Waals surface area contributed by atoms with Crippen LogP contribution >= 0.6 is 0 Å². The first-order valence-electron chi connectivity index (χ1n) is 5.55. The Labute approximate surface area is 90.9 Å². The average Bonchev–Trinajstić information content (AvgIpc) is 2.22. The van der Waals surface area contributed by atoms with E-state index < -0.39 is 5.41 Å². The molecule has 0 aromatic heterocycles. The Bertz CT molecular complexity index is 307. The number of amides is 1. The number of carbonyl (C=O) groups excluding carboxylic acids is 2. The number of unbranched alkanes of at least 4 members (excludes halogenated alkanes) is 2. The van der Waals surface area contributed by atoms with Gasteiger partial charge in [0.2, 0.25) is 5.91 Å². The molecule has 3 nitrogen and oxygen atoms in total. The molecular formula is C12H19NO2. The highest BCUT2D eigenvalue weighted by Gasteiger charge is 2.42. The Hall–Kier alpha value is -1.12. The maximum absolute atomic E-state index is 11.9. The van der Waals surface area contributed by atoms with Crippen molar-refractivity contribution in [1.29, 1.82) is 0 Å². The van der Waals surface area contributed by atoms with E-state index in [4.69, 9.17) is 0 Å². The number of ketones is 1. The zero-order valence-electron chi connectivity index (χ0n) is 9.72. The second-order valence-electron chi connectivity index (χ2n) is 4.42. The molecule has 1 aliphatic heterocycles. The molecule has 0 spiro atoms. The maximum atomic E-state index is 11.9. The third kappa shape index (κ3) is 2.28. The van der Waals surface area contributed by atoms with Crippen molar-refractivity contribution in [2.24, 2.45) is 5.41 Å². The number of Topliss-reactive ketones (excluding diaryl/α,β-unsaturated/α-hetero) is 1. The van der Waals surface area contributed by atoms with Crippen LogP contribution in [0.3, 0.4) is 0 Å². The number of carbonyl (C=O) groups is 2. The van der Waals surface area contributed by atoms with Crippen LogP contribution in [0.25, 0.3) is 0 Å². The van der Waals surface area contributed by atoms with E-state index in [-0.39, 0.29) is 11.7 Å². The summed E-state index contributed by atoms with van der Waals surface area (Å²) in [7, 11) is 0. The van der Waals surface area contributed by atoms with Crippen molar-refractivity contribution in [3.63, 3.8) is 0 Å². The predicted molar refractivity (Wildman–Crippen MR) is 59.2 cm³/mol. The summed E-state index contributed by atoms with van der Waals surface area (Å²) in [5.74, 6) is -0.184. The van der Waals surface area contributed by atoms with Crippen molar-refractivity contribution in [3.8, 4) is 0 Å². The van der Waals surface area contributed by atoms with Crippen LogP contribution in [-0.4, -0.2) is 11.7 Å². The van der Waals surface area contributed by atoms with E-state index in [1.807, 2.05) is 0 Å². The number of nitrogens with one attached hydrogen (secondary N) is 1. The predicted octanol–water partition coefficient (Wildman–Crippen LogP) is 2.18. The summed E-state index contributed by atoms with van der Waals surface area (Å²) >= 11 is 0. The lowest BCUT2D eigenvalue weighted by Crippen LogP contribution is -2.46. The van der Waals surface area contributed by atoms with E-state index in [9.17, 15) is 9.59 Å². The Kier molecular flexibility index (Phi) is 3.66. The molecule has 0 saturated heterocycles. The summed E-state index contributed by atoms with van der Waals surface area (Å²) < 4.78 is 0. The smallest absolute Gasteiger partial charge is 0.237 e. The van der Waals surface area contributed by atoms with Crippen LogP contribution in [0.15, 0.2) is 11.8 Å². The van der Waals surface area contributed by atoms with Gasteiger partial charge in [-0.2, -0.15) is 0 Å². The van der Waals surface area contributed by atoms with Crippen molar-refractivity contribution in [2.75, 3.05) is 0 Å². The van der Waals surface area contributed by atoms with Gasteiger partial charge in [0.25, 0.3) is 0 Å². The van der Waals surface area contributed by atoms with Gasteiger partial charge < -0.3 is 5.32 Å². The normalized spacial score (nSPS) is 26.2. The zero-order chi connectivity index (χ0) is 11.5. The molecule has 0 fully saturated rings. The number of hydrogen-bond donors (Lipinski definition) is 1. The van der Waals surface area contributed by atoms with Gasteiger partial charge in [0.1, 0.15) is 5.41 Å². The molecule has 0 aromatic carbocycles. The van der Waals surface area contributed by atoms with Crippen LogP contribution in [0.2, 0.25) is 0 Å². The van der Waals surface area contributed by atoms with Crippen molar-refractivity contribution < 1.29 is 9.59 Å². The first-order chi connectivity index (χ1) is 7.02. The second kappa shape index (κ2) is 4.60. The van der Waals surface area contributed by atoms with Gasteiger partial charge in [-0.1, -0.05) is 26.2 Å². The maximum Gasteiger partial charge on any atom is 0.237 e. The van der Waals surface area contributed by atoms with Gasteiger partial charge in [0.15, 0.2) is 5.78 Å². The molecule has 1 N–H and O–H groups in total. The average molecular weight is 209 g/mol. The van der Waals surface area contributed by atoms with Crippen molar-refractivity contribution >= 4 is 11.7 Å². The second-order valence-corrected chi connectivity index (χ2v) is 4.42. The van der Waals surface area contributed by atoms with E-state index in [0.717, 1.165) is 19.3 Å². The van der Waals surface area contributed by atoms with Gasteiger partial charge in [-0.25, -0.2) is 0 Å². The van der Waals surface area contributed by atoms with Crippen molar-refractivity contribution in [2.45, 2.75) is 46.5 Å². The minimum atomic E-state index is -0.839. The molecule has 1 amide bonds. The molecule has 1 unspecified atom stereocenters. The monoisotopic (exact) mass is 209 g/mol. The van der Waals surface area contributed by atoms with Crippen LogP contribution in [0.5, 0.6) is 0 Å².